The summed E-state index contributed by atoms with van der Waals surface area (Å²) in [5.74, 6) is 1.59. The lowest BCUT2D eigenvalue weighted by Gasteiger charge is -2.13. The van der Waals surface area contributed by atoms with Crippen molar-refractivity contribution in [2.24, 2.45) is 0 Å². The summed E-state index contributed by atoms with van der Waals surface area (Å²) >= 11 is 1.52. The zero-order valence-corrected chi connectivity index (χ0v) is 14.5. The average molecular weight is 341 g/mol. The molecule has 0 saturated carbocycles. The molecule has 24 heavy (non-hydrogen) atoms. The number of hydrogen-bond donors (Lipinski definition) is 4. The molecule has 0 radical (unpaired) electrons. The van der Waals surface area contributed by atoms with Crippen LogP contribution in [0.15, 0.2) is 30.5 Å². The fourth-order valence-corrected chi connectivity index (χ4v) is 2.99. The van der Waals surface area contributed by atoms with Crippen molar-refractivity contribution in [1.82, 2.24) is 20.2 Å². The first-order valence-electron chi connectivity index (χ1n) is 7.38. The lowest BCUT2D eigenvalue weighted by atomic mass is 9.96. The molecule has 0 fully saturated rings. The summed E-state index contributed by atoms with van der Waals surface area (Å²) in [4.78, 5) is 8.49. The standard InChI is InChI=1S/C16H19N7S/c1-9-6-12(19-16-20-15(17)21-22-16)7-10(2)14(9)11-4-5-13(18-8-11)23-24-3/h4-8H,1-3H3,(H,18,23)(H4,17,19,20,21,22). The normalized spacial score (nSPS) is 10.6. The Labute approximate surface area is 144 Å². The Morgan fingerprint density at radius 2 is 1.92 bits per heavy atom. The maximum atomic E-state index is 5.54. The van der Waals surface area contributed by atoms with Crippen molar-refractivity contribution in [2.45, 2.75) is 13.8 Å². The van der Waals surface area contributed by atoms with Crippen molar-refractivity contribution in [1.29, 1.82) is 0 Å². The number of H-pyrrole nitrogens is 1. The fraction of sp³-hybridized carbons (Fsp3) is 0.188. The molecule has 5 N–H and O–H groups in total. The van der Waals surface area contributed by atoms with E-state index in [0.717, 1.165) is 28.2 Å². The largest absolute Gasteiger partial charge is 0.368 e. The first-order valence-corrected chi connectivity index (χ1v) is 8.61. The molecular formula is C16H19N7S. The van der Waals surface area contributed by atoms with Gasteiger partial charge in [0.15, 0.2) is 0 Å². The molecule has 0 atom stereocenters. The van der Waals surface area contributed by atoms with E-state index in [9.17, 15) is 0 Å². The number of nitrogens with two attached hydrogens (primary N) is 1. The average Bonchev–Trinajstić information content (AvgIpc) is 2.93. The van der Waals surface area contributed by atoms with Crippen LogP contribution in [0.4, 0.5) is 23.4 Å². The lowest BCUT2D eigenvalue weighted by Crippen LogP contribution is -1.97. The molecule has 0 amide bonds. The number of aryl methyl sites for hydroxylation is 2. The molecule has 8 heteroatoms. The molecule has 124 valence electrons. The smallest absolute Gasteiger partial charge is 0.248 e. The predicted molar refractivity (Wildman–Crippen MR) is 100 cm³/mol. The molecule has 0 aliphatic carbocycles. The molecule has 3 rings (SSSR count). The van der Waals surface area contributed by atoms with Crippen LogP contribution in [-0.4, -0.2) is 26.4 Å². The zero-order chi connectivity index (χ0) is 17.1. The summed E-state index contributed by atoms with van der Waals surface area (Å²) in [5.41, 5.74) is 11.0. The van der Waals surface area contributed by atoms with Crippen LogP contribution in [0.3, 0.4) is 0 Å². The molecule has 2 aromatic heterocycles. The number of aromatic nitrogens is 4. The van der Waals surface area contributed by atoms with Gasteiger partial charge in [0.25, 0.3) is 0 Å². The molecule has 0 aliphatic heterocycles. The van der Waals surface area contributed by atoms with Gasteiger partial charge in [-0.2, -0.15) is 4.98 Å². The number of nitrogen functional groups attached to an aromatic ring is 1. The van der Waals surface area contributed by atoms with Gasteiger partial charge in [0.1, 0.15) is 5.82 Å². The number of rotatable bonds is 5. The second-order valence-electron chi connectivity index (χ2n) is 5.39. The van der Waals surface area contributed by atoms with E-state index >= 15 is 0 Å². The highest BCUT2D eigenvalue weighted by Gasteiger charge is 2.10. The van der Waals surface area contributed by atoms with Gasteiger partial charge in [-0.15, -0.1) is 5.10 Å². The van der Waals surface area contributed by atoms with Crippen molar-refractivity contribution < 1.29 is 0 Å². The number of anilines is 4. The van der Waals surface area contributed by atoms with Gasteiger partial charge in [0.2, 0.25) is 11.9 Å². The second kappa shape index (κ2) is 6.79. The van der Waals surface area contributed by atoms with Crippen molar-refractivity contribution in [3.8, 4) is 11.1 Å². The van der Waals surface area contributed by atoms with Gasteiger partial charge < -0.3 is 15.8 Å². The third-order valence-corrected chi connectivity index (χ3v) is 3.96. The van der Waals surface area contributed by atoms with E-state index in [1.54, 1.807) is 0 Å². The summed E-state index contributed by atoms with van der Waals surface area (Å²) < 4.78 is 3.12. The van der Waals surface area contributed by atoms with E-state index in [2.05, 4.69) is 62.3 Å². The quantitative estimate of drug-likeness (QED) is 0.526. The monoisotopic (exact) mass is 341 g/mol. The summed E-state index contributed by atoms with van der Waals surface area (Å²) in [7, 11) is 0. The number of nitrogens with zero attached hydrogens (tertiary/aromatic N) is 3. The van der Waals surface area contributed by atoms with Crippen LogP contribution in [-0.2, 0) is 0 Å². The lowest BCUT2D eigenvalue weighted by molar-refractivity contribution is 1.10. The summed E-state index contributed by atoms with van der Waals surface area (Å²) in [6.07, 6.45) is 3.86. The molecule has 3 aromatic rings. The fourth-order valence-electron chi connectivity index (χ4n) is 2.66. The Morgan fingerprint density at radius 1 is 1.17 bits per heavy atom. The molecule has 0 bridgehead atoms. The van der Waals surface area contributed by atoms with Crippen LogP contribution in [0, 0.1) is 13.8 Å². The molecule has 0 unspecified atom stereocenters. The molecule has 1 aromatic carbocycles. The third kappa shape index (κ3) is 3.43. The number of nitrogens with one attached hydrogen (secondary N) is 3. The van der Waals surface area contributed by atoms with Gasteiger partial charge in [-0.1, -0.05) is 11.9 Å². The van der Waals surface area contributed by atoms with E-state index in [4.69, 9.17) is 5.73 Å². The van der Waals surface area contributed by atoms with Gasteiger partial charge >= 0.3 is 0 Å². The molecule has 0 spiro atoms. The molecule has 7 nitrogen and oxygen atoms in total. The predicted octanol–water partition coefficient (Wildman–Crippen LogP) is 3.50. The van der Waals surface area contributed by atoms with Gasteiger partial charge in [0, 0.05) is 23.7 Å². The van der Waals surface area contributed by atoms with Crippen molar-refractivity contribution in [3.63, 3.8) is 0 Å². The van der Waals surface area contributed by atoms with E-state index in [-0.39, 0.29) is 5.95 Å². The van der Waals surface area contributed by atoms with Crippen LogP contribution in [0.2, 0.25) is 0 Å². The van der Waals surface area contributed by atoms with Gasteiger partial charge in [-0.05, 0) is 54.8 Å². The Bertz CT molecular complexity index is 819. The second-order valence-corrected chi connectivity index (χ2v) is 6.00. The maximum absolute atomic E-state index is 5.54. The van der Waals surface area contributed by atoms with Crippen LogP contribution in [0.25, 0.3) is 11.1 Å². The van der Waals surface area contributed by atoms with Crippen LogP contribution in [0.1, 0.15) is 11.1 Å². The highest BCUT2D eigenvalue weighted by atomic mass is 32.2. The Morgan fingerprint density at radius 3 is 2.46 bits per heavy atom. The minimum atomic E-state index is 0.285. The molecular weight excluding hydrogens is 322 g/mol. The van der Waals surface area contributed by atoms with Crippen LogP contribution >= 0.6 is 11.9 Å². The van der Waals surface area contributed by atoms with Gasteiger partial charge in [0.05, 0.1) is 0 Å². The minimum absolute atomic E-state index is 0.285. The molecule has 0 saturated heterocycles. The van der Waals surface area contributed by atoms with Crippen molar-refractivity contribution in [3.05, 3.63) is 41.6 Å². The van der Waals surface area contributed by atoms with Crippen LogP contribution in [0.5, 0.6) is 0 Å². The van der Waals surface area contributed by atoms with E-state index in [1.165, 1.54) is 17.5 Å². The van der Waals surface area contributed by atoms with Crippen molar-refractivity contribution in [2.75, 3.05) is 22.0 Å². The van der Waals surface area contributed by atoms with Gasteiger partial charge in [-0.25, -0.2) is 10.1 Å². The number of hydrogen-bond acceptors (Lipinski definition) is 7. The summed E-state index contributed by atoms with van der Waals surface area (Å²) in [5, 5.41) is 9.75. The number of aromatic amines is 1. The van der Waals surface area contributed by atoms with Crippen molar-refractivity contribution >= 4 is 35.3 Å². The summed E-state index contributed by atoms with van der Waals surface area (Å²) in [6.45, 7) is 4.15. The van der Waals surface area contributed by atoms with Crippen LogP contribution < -0.4 is 15.8 Å². The number of benzene rings is 1. The van der Waals surface area contributed by atoms with E-state index in [1.807, 2.05) is 18.5 Å². The maximum Gasteiger partial charge on any atom is 0.248 e. The minimum Gasteiger partial charge on any atom is -0.368 e. The SMILES string of the molecule is CSNc1ccc(-c2c(C)cc(Nc3n[nH]c(N)n3)cc2C)cn1. The summed E-state index contributed by atoms with van der Waals surface area (Å²) in [6, 6.07) is 8.17. The molecule has 0 aliphatic rings. The Balaban J connectivity index is 1.89. The highest BCUT2D eigenvalue weighted by molar-refractivity contribution is 7.99. The topological polar surface area (TPSA) is 105 Å². The third-order valence-electron chi connectivity index (χ3n) is 3.55. The Hall–Kier alpha value is -2.74. The van der Waals surface area contributed by atoms with E-state index in [0.29, 0.717) is 5.95 Å². The highest BCUT2D eigenvalue weighted by Crippen LogP contribution is 2.31. The van der Waals surface area contributed by atoms with Gasteiger partial charge in [-0.3, -0.25) is 0 Å². The first-order chi connectivity index (χ1) is 11.6. The number of pyridine rings is 1. The first kappa shape index (κ1) is 16.1. The van der Waals surface area contributed by atoms with E-state index < -0.39 is 0 Å². The Kier molecular flexibility index (Phi) is 4.57. The zero-order valence-electron chi connectivity index (χ0n) is 13.7. The molecule has 2 heterocycles.